The van der Waals surface area contributed by atoms with Gasteiger partial charge in [-0.2, -0.15) is 5.06 Å². The number of nitrogens with zero attached hydrogens (tertiary/aromatic N) is 2. The summed E-state index contributed by atoms with van der Waals surface area (Å²) in [5, 5.41) is 10.4. The van der Waals surface area contributed by atoms with Gasteiger partial charge in [-0.25, -0.2) is 0 Å². The minimum Gasteiger partial charge on any atom is -0.314 e. The van der Waals surface area contributed by atoms with E-state index in [1.165, 1.54) is 5.06 Å². The minimum atomic E-state index is 0.788. The number of hydrogen-bond donors (Lipinski definition) is 1. The van der Waals surface area contributed by atoms with Crippen molar-refractivity contribution in [3.63, 3.8) is 0 Å². The molecule has 9 heavy (non-hydrogen) atoms. The Labute approximate surface area is 55.8 Å². The molecular formula is C6H14N2O. The van der Waals surface area contributed by atoms with Crippen molar-refractivity contribution in [2.75, 3.05) is 33.2 Å². The van der Waals surface area contributed by atoms with Gasteiger partial charge in [0.25, 0.3) is 0 Å². The van der Waals surface area contributed by atoms with Crippen molar-refractivity contribution in [2.24, 2.45) is 0 Å². The van der Waals surface area contributed by atoms with Crippen molar-refractivity contribution in [1.82, 2.24) is 9.96 Å². The Bertz CT molecular complexity index is 77.1. The molecule has 0 radical (unpaired) electrons. The molecule has 3 heteroatoms. The first-order valence-electron chi connectivity index (χ1n) is 3.41. The number of hydroxylamine groups is 2. The molecule has 1 aliphatic heterocycles. The predicted octanol–water partition coefficient (Wildman–Crippen LogP) is 0.0131. The Balaban J connectivity index is 2.25. The largest absolute Gasteiger partial charge is 0.314 e. The molecule has 1 N–H and O–H groups in total. The molecule has 0 aliphatic carbocycles. The number of rotatable bonds is 0. The summed E-state index contributed by atoms with van der Waals surface area (Å²) < 4.78 is 0. The standard InChI is InChI=1S/C6H14N2O/c1-7-3-2-4-8(9)6-5-7/h9H,2-6H2,1H3. The molecule has 0 unspecified atom stereocenters. The monoisotopic (exact) mass is 130 g/mol. The average molecular weight is 130 g/mol. The van der Waals surface area contributed by atoms with E-state index in [2.05, 4.69) is 11.9 Å². The van der Waals surface area contributed by atoms with Crippen molar-refractivity contribution in [3.05, 3.63) is 0 Å². The molecule has 0 amide bonds. The van der Waals surface area contributed by atoms with Gasteiger partial charge >= 0.3 is 0 Å². The van der Waals surface area contributed by atoms with Crippen LogP contribution in [-0.2, 0) is 0 Å². The van der Waals surface area contributed by atoms with E-state index in [0.717, 1.165) is 32.6 Å². The van der Waals surface area contributed by atoms with Crippen molar-refractivity contribution in [3.8, 4) is 0 Å². The van der Waals surface area contributed by atoms with Crippen LogP contribution < -0.4 is 0 Å². The van der Waals surface area contributed by atoms with Crippen LogP contribution in [-0.4, -0.2) is 48.4 Å². The smallest absolute Gasteiger partial charge is 0.0365 e. The first-order valence-corrected chi connectivity index (χ1v) is 3.41. The lowest BCUT2D eigenvalue weighted by atomic mass is 10.4. The summed E-state index contributed by atoms with van der Waals surface area (Å²) >= 11 is 0. The van der Waals surface area contributed by atoms with E-state index in [9.17, 15) is 0 Å². The van der Waals surface area contributed by atoms with Crippen LogP contribution in [0.1, 0.15) is 6.42 Å². The fourth-order valence-corrected chi connectivity index (χ4v) is 1.03. The zero-order valence-corrected chi connectivity index (χ0v) is 5.88. The zero-order valence-electron chi connectivity index (χ0n) is 5.88. The quantitative estimate of drug-likeness (QED) is 0.500. The highest BCUT2D eigenvalue weighted by Crippen LogP contribution is 1.96. The van der Waals surface area contributed by atoms with Crippen molar-refractivity contribution >= 4 is 0 Å². The van der Waals surface area contributed by atoms with E-state index < -0.39 is 0 Å². The maximum atomic E-state index is 9.01. The van der Waals surface area contributed by atoms with Crippen molar-refractivity contribution in [1.29, 1.82) is 0 Å². The van der Waals surface area contributed by atoms with Crippen molar-refractivity contribution < 1.29 is 5.21 Å². The Morgan fingerprint density at radius 2 is 1.89 bits per heavy atom. The van der Waals surface area contributed by atoms with Gasteiger partial charge in [0.2, 0.25) is 0 Å². The van der Waals surface area contributed by atoms with Crippen LogP contribution in [0, 0.1) is 0 Å². The van der Waals surface area contributed by atoms with Gasteiger partial charge in [-0.3, -0.25) is 0 Å². The van der Waals surface area contributed by atoms with Crippen LogP contribution in [0.5, 0.6) is 0 Å². The van der Waals surface area contributed by atoms with Crippen LogP contribution in [0.3, 0.4) is 0 Å². The summed E-state index contributed by atoms with van der Waals surface area (Å²) in [6, 6.07) is 0. The van der Waals surface area contributed by atoms with Crippen LogP contribution in [0.2, 0.25) is 0 Å². The normalized spacial score (nSPS) is 26.0. The van der Waals surface area contributed by atoms with Gasteiger partial charge in [-0.05, 0) is 20.0 Å². The number of hydrogen-bond acceptors (Lipinski definition) is 3. The lowest BCUT2D eigenvalue weighted by Gasteiger charge is -2.11. The highest BCUT2D eigenvalue weighted by Gasteiger charge is 2.07. The van der Waals surface area contributed by atoms with Crippen molar-refractivity contribution in [2.45, 2.75) is 6.42 Å². The summed E-state index contributed by atoms with van der Waals surface area (Å²) in [6.07, 6.45) is 1.08. The zero-order chi connectivity index (χ0) is 6.69. The van der Waals surface area contributed by atoms with Gasteiger partial charge < -0.3 is 10.1 Å². The first kappa shape index (κ1) is 6.99. The predicted molar refractivity (Wildman–Crippen MR) is 35.5 cm³/mol. The summed E-state index contributed by atoms with van der Waals surface area (Å²) in [7, 11) is 2.08. The maximum Gasteiger partial charge on any atom is 0.0365 e. The van der Waals surface area contributed by atoms with Crippen LogP contribution >= 0.6 is 0 Å². The van der Waals surface area contributed by atoms with Crippen LogP contribution in [0.25, 0.3) is 0 Å². The fourth-order valence-electron chi connectivity index (χ4n) is 1.03. The molecule has 1 heterocycles. The fraction of sp³-hybridized carbons (Fsp3) is 1.00. The highest BCUT2D eigenvalue weighted by atomic mass is 16.5. The number of likely N-dealkylation sites (N-methyl/N-ethyl adjacent to an activating group) is 1. The second-order valence-electron chi connectivity index (χ2n) is 2.61. The summed E-state index contributed by atoms with van der Waals surface area (Å²) in [5.74, 6) is 0. The molecule has 1 rings (SSSR count). The molecule has 3 nitrogen and oxygen atoms in total. The third-order valence-corrected chi connectivity index (χ3v) is 1.70. The third-order valence-electron chi connectivity index (χ3n) is 1.70. The summed E-state index contributed by atoms with van der Waals surface area (Å²) in [4.78, 5) is 2.23. The SMILES string of the molecule is CN1CCCN(O)CC1. The lowest BCUT2D eigenvalue weighted by molar-refractivity contribution is -0.0860. The minimum absolute atomic E-state index is 0.788. The van der Waals surface area contributed by atoms with Crippen LogP contribution in [0.15, 0.2) is 0 Å². The summed E-state index contributed by atoms with van der Waals surface area (Å²) in [6.45, 7) is 3.70. The third kappa shape index (κ3) is 2.30. The molecule has 0 atom stereocenters. The highest BCUT2D eigenvalue weighted by molar-refractivity contribution is 4.60. The molecule has 0 spiro atoms. The molecule has 1 fully saturated rings. The molecule has 1 aliphatic rings. The molecular weight excluding hydrogens is 116 g/mol. The lowest BCUT2D eigenvalue weighted by Crippen LogP contribution is -2.25. The van der Waals surface area contributed by atoms with E-state index in [-0.39, 0.29) is 0 Å². The Kier molecular flexibility index (Phi) is 2.45. The molecule has 0 saturated carbocycles. The molecule has 1 saturated heterocycles. The first-order chi connectivity index (χ1) is 4.29. The van der Waals surface area contributed by atoms with Gasteiger partial charge in [0.05, 0.1) is 0 Å². The molecule has 0 bridgehead atoms. The Hall–Kier alpha value is -0.120. The topological polar surface area (TPSA) is 26.7 Å². The summed E-state index contributed by atoms with van der Waals surface area (Å²) in [5.41, 5.74) is 0. The van der Waals surface area contributed by atoms with Crippen LogP contribution in [0.4, 0.5) is 0 Å². The Morgan fingerprint density at radius 3 is 2.67 bits per heavy atom. The molecule has 54 valence electrons. The molecule has 0 aromatic heterocycles. The molecule has 0 aromatic carbocycles. The second-order valence-corrected chi connectivity index (χ2v) is 2.61. The average Bonchev–Trinajstić information content (AvgIpc) is 1.97. The van der Waals surface area contributed by atoms with E-state index in [4.69, 9.17) is 5.21 Å². The maximum absolute atomic E-state index is 9.01. The Morgan fingerprint density at radius 1 is 1.11 bits per heavy atom. The van der Waals surface area contributed by atoms with E-state index in [0.29, 0.717) is 0 Å². The van der Waals surface area contributed by atoms with Gasteiger partial charge in [0, 0.05) is 19.6 Å². The van der Waals surface area contributed by atoms with Gasteiger partial charge in [0.15, 0.2) is 0 Å². The van der Waals surface area contributed by atoms with Gasteiger partial charge in [0.1, 0.15) is 0 Å². The van der Waals surface area contributed by atoms with E-state index in [1.54, 1.807) is 0 Å². The van der Waals surface area contributed by atoms with E-state index >= 15 is 0 Å². The van der Waals surface area contributed by atoms with E-state index in [1.807, 2.05) is 0 Å². The van der Waals surface area contributed by atoms with Gasteiger partial charge in [-0.1, -0.05) is 0 Å². The second kappa shape index (κ2) is 3.15. The molecule has 0 aromatic rings. The van der Waals surface area contributed by atoms with Gasteiger partial charge in [-0.15, -0.1) is 0 Å².